The summed E-state index contributed by atoms with van der Waals surface area (Å²) in [5.74, 6) is 0. The molecule has 0 saturated carbocycles. The van der Waals surface area contributed by atoms with Crippen LogP contribution in [0.4, 0.5) is 0 Å². The Hall–Kier alpha value is -1.75. The molecule has 0 aliphatic carbocycles. The van der Waals surface area contributed by atoms with Crippen LogP contribution in [0, 0.1) is 0 Å². The summed E-state index contributed by atoms with van der Waals surface area (Å²) >= 11 is 0. The van der Waals surface area contributed by atoms with Gasteiger partial charge in [0.05, 0.1) is 11.8 Å². The lowest BCUT2D eigenvalue weighted by molar-refractivity contribution is 0.101. The molecule has 0 bridgehead atoms. The Balaban J connectivity index is 1.50. The number of hydrogen-bond acceptors (Lipinski definition) is 4. The lowest BCUT2D eigenvalue weighted by atomic mass is 10.00. The summed E-state index contributed by atoms with van der Waals surface area (Å²) in [6.07, 6.45) is 4.66. The van der Waals surface area contributed by atoms with E-state index in [9.17, 15) is 5.11 Å². The number of nitrogens with one attached hydrogen (secondary N) is 1. The van der Waals surface area contributed by atoms with Crippen molar-refractivity contribution in [2.75, 3.05) is 19.6 Å². The van der Waals surface area contributed by atoms with Gasteiger partial charge in [-0.2, -0.15) is 0 Å². The Morgan fingerprint density at radius 2 is 1.96 bits per heavy atom. The van der Waals surface area contributed by atoms with Crippen LogP contribution in [-0.4, -0.2) is 40.7 Å². The van der Waals surface area contributed by atoms with Crippen LogP contribution in [0.3, 0.4) is 0 Å². The number of hydrogen-bond donors (Lipinski definition) is 2. The van der Waals surface area contributed by atoms with Gasteiger partial charge in [-0.15, -0.1) is 0 Å². The van der Waals surface area contributed by atoms with Crippen molar-refractivity contribution in [2.24, 2.45) is 0 Å². The highest BCUT2D eigenvalue weighted by Gasteiger charge is 2.19. The van der Waals surface area contributed by atoms with E-state index in [1.54, 1.807) is 0 Å². The highest BCUT2D eigenvalue weighted by atomic mass is 16.3. The topological polar surface area (TPSA) is 48.4 Å². The average molecular weight is 339 g/mol. The van der Waals surface area contributed by atoms with Gasteiger partial charge < -0.3 is 10.4 Å². The minimum atomic E-state index is -0.367. The van der Waals surface area contributed by atoms with Gasteiger partial charge in [0.1, 0.15) is 0 Å². The lowest BCUT2D eigenvalue weighted by Gasteiger charge is -2.31. The normalized spacial score (nSPS) is 17.0. The van der Waals surface area contributed by atoms with Crippen LogP contribution in [0.2, 0.25) is 0 Å². The van der Waals surface area contributed by atoms with Crippen molar-refractivity contribution in [3.63, 3.8) is 0 Å². The molecule has 3 rings (SSSR count). The first-order valence-electron chi connectivity index (χ1n) is 9.37. The number of nitrogens with zero attached hydrogens (tertiary/aromatic N) is 2. The van der Waals surface area contributed by atoms with Crippen LogP contribution >= 0.6 is 0 Å². The summed E-state index contributed by atoms with van der Waals surface area (Å²) in [6, 6.07) is 14.9. The second-order valence-corrected chi connectivity index (χ2v) is 6.91. The first-order valence-corrected chi connectivity index (χ1v) is 9.37. The number of rotatable bonds is 8. The zero-order valence-electron chi connectivity index (χ0n) is 15.1. The minimum Gasteiger partial charge on any atom is -0.390 e. The van der Waals surface area contributed by atoms with Crippen LogP contribution in [0.25, 0.3) is 0 Å². The van der Waals surface area contributed by atoms with Gasteiger partial charge in [-0.05, 0) is 36.1 Å². The number of benzene rings is 1. The van der Waals surface area contributed by atoms with Gasteiger partial charge in [-0.3, -0.25) is 9.88 Å². The van der Waals surface area contributed by atoms with Crippen molar-refractivity contribution < 1.29 is 5.11 Å². The van der Waals surface area contributed by atoms with E-state index in [1.807, 2.05) is 18.3 Å². The molecule has 2 unspecified atom stereocenters. The number of fused-ring (bicyclic) bond motifs is 1. The third-order valence-corrected chi connectivity index (χ3v) is 4.90. The van der Waals surface area contributed by atoms with Crippen LogP contribution in [0.1, 0.15) is 42.6 Å². The molecular weight excluding hydrogens is 310 g/mol. The molecule has 0 amide bonds. The maximum absolute atomic E-state index is 10.5. The highest BCUT2D eigenvalue weighted by Crippen LogP contribution is 2.19. The SMILES string of the molecule is CCCC(NCC(O)CN1CCc2ccccc2C1)c1ccccn1. The molecule has 1 aromatic heterocycles. The molecule has 0 saturated heterocycles. The van der Waals surface area contributed by atoms with Gasteiger partial charge in [-0.1, -0.05) is 43.7 Å². The lowest BCUT2D eigenvalue weighted by Crippen LogP contribution is -2.41. The number of aliphatic hydroxyl groups excluding tert-OH is 1. The highest BCUT2D eigenvalue weighted by molar-refractivity contribution is 5.29. The van der Waals surface area contributed by atoms with Crippen molar-refractivity contribution in [3.8, 4) is 0 Å². The van der Waals surface area contributed by atoms with Crippen LogP contribution in [-0.2, 0) is 13.0 Å². The summed E-state index contributed by atoms with van der Waals surface area (Å²) in [5, 5.41) is 14.0. The Morgan fingerprint density at radius 3 is 2.72 bits per heavy atom. The molecule has 2 atom stereocenters. The van der Waals surface area contributed by atoms with Gasteiger partial charge in [0.25, 0.3) is 0 Å². The molecule has 0 radical (unpaired) electrons. The predicted molar refractivity (Wildman–Crippen MR) is 101 cm³/mol. The molecule has 134 valence electrons. The van der Waals surface area contributed by atoms with E-state index in [0.29, 0.717) is 13.1 Å². The van der Waals surface area contributed by atoms with E-state index in [4.69, 9.17) is 0 Å². The van der Waals surface area contributed by atoms with Crippen LogP contribution < -0.4 is 5.32 Å². The average Bonchev–Trinajstić information content (AvgIpc) is 2.66. The van der Waals surface area contributed by atoms with Crippen molar-refractivity contribution >= 4 is 0 Å². The molecule has 2 aromatic rings. The van der Waals surface area contributed by atoms with E-state index >= 15 is 0 Å². The van der Waals surface area contributed by atoms with Gasteiger partial charge in [-0.25, -0.2) is 0 Å². The third-order valence-electron chi connectivity index (χ3n) is 4.90. The van der Waals surface area contributed by atoms with Gasteiger partial charge in [0, 0.05) is 38.4 Å². The Kier molecular flexibility index (Phi) is 6.56. The van der Waals surface area contributed by atoms with E-state index in [1.165, 1.54) is 11.1 Å². The zero-order chi connectivity index (χ0) is 17.5. The first-order chi connectivity index (χ1) is 12.3. The molecule has 2 N–H and O–H groups in total. The molecule has 1 aromatic carbocycles. The fourth-order valence-electron chi connectivity index (χ4n) is 3.58. The molecular formula is C21H29N3O. The summed E-state index contributed by atoms with van der Waals surface area (Å²) in [4.78, 5) is 6.81. The number of aromatic nitrogens is 1. The molecule has 0 fully saturated rings. The maximum Gasteiger partial charge on any atom is 0.0791 e. The summed E-state index contributed by atoms with van der Waals surface area (Å²) in [6.45, 7) is 5.44. The second kappa shape index (κ2) is 9.09. The Labute approximate surface area is 150 Å². The standard InChI is InChI=1S/C21H29N3O/c1-2-7-20(21-10-5-6-12-22-21)23-14-19(25)16-24-13-11-17-8-3-4-9-18(17)15-24/h3-6,8-10,12,19-20,23,25H,2,7,11,13-16H2,1H3. The molecule has 2 heterocycles. The van der Waals surface area contributed by atoms with Crippen molar-refractivity contribution in [3.05, 3.63) is 65.5 Å². The predicted octanol–water partition coefficient (Wildman–Crippen LogP) is 2.93. The molecule has 25 heavy (non-hydrogen) atoms. The summed E-state index contributed by atoms with van der Waals surface area (Å²) in [5.41, 5.74) is 3.90. The zero-order valence-corrected chi connectivity index (χ0v) is 15.1. The molecule has 1 aliphatic heterocycles. The van der Waals surface area contributed by atoms with Crippen molar-refractivity contribution in [2.45, 2.75) is 44.9 Å². The van der Waals surface area contributed by atoms with E-state index in [0.717, 1.165) is 38.0 Å². The van der Waals surface area contributed by atoms with Gasteiger partial charge >= 0.3 is 0 Å². The molecule has 1 aliphatic rings. The molecule has 4 heteroatoms. The third kappa shape index (κ3) is 5.11. The fraction of sp³-hybridized carbons (Fsp3) is 0.476. The van der Waals surface area contributed by atoms with Gasteiger partial charge in [0.15, 0.2) is 0 Å². The van der Waals surface area contributed by atoms with E-state index in [2.05, 4.69) is 52.5 Å². The van der Waals surface area contributed by atoms with E-state index in [-0.39, 0.29) is 12.1 Å². The van der Waals surface area contributed by atoms with Crippen molar-refractivity contribution in [1.82, 2.24) is 15.2 Å². The Bertz CT molecular complexity index is 647. The van der Waals surface area contributed by atoms with Gasteiger partial charge in [0.2, 0.25) is 0 Å². The van der Waals surface area contributed by atoms with E-state index < -0.39 is 0 Å². The number of β-amino-alcohol motifs (C(OH)–C–C–N with tert-alkyl or cyclic N) is 1. The fourth-order valence-corrected chi connectivity index (χ4v) is 3.58. The number of aliphatic hydroxyl groups is 1. The monoisotopic (exact) mass is 339 g/mol. The number of pyridine rings is 1. The minimum absolute atomic E-state index is 0.211. The quantitative estimate of drug-likeness (QED) is 0.776. The van der Waals surface area contributed by atoms with Crippen molar-refractivity contribution in [1.29, 1.82) is 0 Å². The second-order valence-electron chi connectivity index (χ2n) is 6.91. The smallest absolute Gasteiger partial charge is 0.0791 e. The van der Waals surface area contributed by atoms with Crippen LogP contribution in [0.15, 0.2) is 48.7 Å². The summed E-state index contributed by atoms with van der Waals surface area (Å²) in [7, 11) is 0. The summed E-state index contributed by atoms with van der Waals surface area (Å²) < 4.78 is 0. The first kappa shape index (κ1) is 18.1. The Morgan fingerprint density at radius 1 is 1.16 bits per heavy atom. The molecule has 4 nitrogen and oxygen atoms in total. The van der Waals surface area contributed by atoms with Crippen LogP contribution in [0.5, 0.6) is 0 Å². The largest absolute Gasteiger partial charge is 0.390 e. The molecule has 0 spiro atoms. The maximum atomic E-state index is 10.5.